The van der Waals surface area contributed by atoms with E-state index < -0.39 is 18.1 Å². The summed E-state index contributed by atoms with van der Waals surface area (Å²) in [6, 6.07) is 15.5. The molecule has 0 aromatic heterocycles. The van der Waals surface area contributed by atoms with Crippen LogP contribution in [0.1, 0.15) is 69.4 Å². The average Bonchev–Trinajstić information content (AvgIpc) is 3.14. The molecule has 0 saturated carbocycles. The Bertz CT molecular complexity index is 961. The summed E-state index contributed by atoms with van der Waals surface area (Å²) in [5.74, 6) is -1.25. The fraction of sp³-hybridized carbons (Fsp3) is 0.444. The molecule has 1 aliphatic rings. The van der Waals surface area contributed by atoms with Crippen LogP contribution in [-0.2, 0) is 14.3 Å². The standard InChI is InChI=1S/C27H34N2O5/c1-3-5-10-19(15-25(30)28-18(4-2)16-26(31)32)29-27(33)34-17-24-22-13-8-6-11-20(22)21-12-7-9-14-23(21)24/h6-9,11-14,18-19,24H,3-5,10,15-17H2,1-2H3,(H,28,30)(H,29,33)(H,31,32)/t18-,19?/m0/s1. The zero-order chi connectivity index (χ0) is 24.5. The summed E-state index contributed by atoms with van der Waals surface area (Å²) in [6.07, 6.45) is 2.37. The Labute approximate surface area is 200 Å². The van der Waals surface area contributed by atoms with Crippen LogP contribution in [0.25, 0.3) is 11.1 Å². The predicted octanol–water partition coefficient (Wildman–Crippen LogP) is 4.84. The minimum absolute atomic E-state index is 0.0307. The van der Waals surface area contributed by atoms with Crippen molar-refractivity contribution in [2.45, 2.75) is 70.4 Å². The van der Waals surface area contributed by atoms with Crippen molar-refractivity contribution < 1.29 is 24.2 Å². The Morgan fingerprint density at radius 3 is 2.09 bits per heavy atom. The highest BCUT2D eigenvalue weighted by molar-refractivity contribution is 5.80. The molecule has 0 heterocycles. The molecule has 0 radical (unpaired) electrons. The summed E-state index contributed by atoms with van der Waals surface area (Å²) in [5, 5.41) is 14.6. The summed E-state index contributed by atoms with van der Waals surface area (Å²) in [6.45, 7) is 4.09. The third kappa shape index (κ3) is 6.59. The monoisotopic (exact) mass is 466 g/mol. The molecule has 182 valence electrons. The molecule has 2 atom stereocenters. The predicted molar refractivity (Wildman–Crippen MR) is 131 cm³/mol. The number of carbonyl (C=O) groups is 3. The second-order valence-corrected chi connectivity index (χ2v) is 8.78. The van der Waals surface area contributed by atoms with Crippen LogP contribution >= 0.6 is 0 Å². The molecular weight excluding hydrogens is 432 g/mol. The lowest BCUT2D eigenvalue weighted by Crippen LogP contribution is -2.42. The van der Waals surface area contributed by atoms with Gasteiger partial charge < -0.3 is 20.5 Å². The lowest BCUT2D eigenvalue weighted by molar-refractivity contribution is -0.137. The maximum absolute atomic E-state index is 12.7. The third-order valence-corrected chi connectivity index (χ3v) is 6.28. The minimum atomic E-state index is -0.952. The largest absolute Gasteiger partial charge is 0.481 e. The SMILES string of the molecule is CCCCC(CC(=O)N[C@@H](CC)CC(=O)O)NC(=O)OCC1c2ccccc2-c2ccccc21. The second-order valence-electron chi connectivity index (χ2n) is 8.78. The number of hydrogen-bond donors (Lipinski definition) is 3. The molecule has 0 aliphatic heterocycles. The average molecular weight is 467 g/mol. The molecule has 0 fully saturated rings. The molecule has 2 amide bonds. The van der Waals surface area contributed by atoms with Gasteiger partial charge >= 0.3 is 12.1 Å². The highest BCUT2D eigenvalue weighted by Crippen LogP contribution is 2.44. The first kappa shape index (κ1) is 25.3. The number of aliphatic carboxylic acids is 1. The Balaban J connectivity index is 1.59. The number of carbonyl (C=O) groups excluding carboxylic acids is 2. The Morgan fingerprint density at radius 2 is 1.53 bits per heavy atom. The van der Waals surface area contributed by atoms with Crippen LogP contribution in [0.3, 0.4) is 0 Å². The second kappa shape index (κ2) is 12.2. The number of benzene rings is 2. The van der Waals surface area contributed by atoms with Gasteiger partial charge in [0.1, 0.15) is 6.61 Å². The van der Waals surface area contributed by atoms with Crippen molar-refractivity contribution in [1.82, 2.24) is 10.6 Å². The molecule has 3 rings (SSSR count). The first-order valence-electron chi connectivity index (χ1n) is 12.1. The van der Waals surface area contributed by atoms with Crippen LogP contribution in [0, 0.1) is 0 Å². The molecular formula is C27H34N2O5. The van der Waals surface area contributed by atoms with Crippen LogP contribution in [0.5, 0.6) is 0 Å². The van der Waals surface area contributed by atoms with Crippen molar-refractivity contribution in [3.63, 3.8) is 0 Å². The van der Waals surface area contributed by atoms with E-state index in [1.807, 2.05) is 38.1 Å². The molecule has 0 spiro atoms. The smallest absolute Gasteiger partial charge is 0.407 e. The van der Waals surface area contributed by atoms with Crippen molar-refractivity contribution in [1.29, 1.82) is 0 Å². The van der Waals surface area contributed by atoms with Gasteiger partial charge in [0, 0.05) is 24.4 Å². The number of alkyl carbamates (subject to hydrolysis) is 1. The summed E-state index contributed by atoms with van der Waals surface area (Å²) >= 11 is 0. The van der Waals surface area contributed by atoms with Crippen LogP contribution < -0.4 is 10.6 Å². The molecule has 3 N–H and O–H groups in total. The fourth-order valence-electron chi connectivity index (χ4n) is 4.50. The number of fused-ring (bicyclic) bond motifs is 3. The summed E-state index contributed by atoms with van der Waals surface area (Å²) in [5.41, 5.74) is 4.61. The van der Waals surface area contributed by atoms with E-state index in [0.29, 0.717) is 12.8 Å². The van der Waals surface area contributed by atoms with Crippen molar-refractivity contribution in [2.75, 3.05) is 6.61 Å². The number of hydrogen-bond acceptors (Lipinski definition) is 4. The molecule has 2 aromatic rings. The highest BCUT2D eigenvalue weighted by Gasteiger charge is 2.29. The summed E-state index contributed by atoms with van der Waals surface area (Å²) < 4.78 is 5.63. The van der Waals surface area contributed by atoms with Crippen LogP contribution in [0.2, 0.25) is 0 Å². The molecule has 7 heteroatoms. The van der Waals surface area contributed by atoms with E-state index in [-0.39, 0.29) is 37.3 Å². The van der Waals surface area contributed by atoms with Gasteiger partial charge in [0.05, 0.1) is 6.42 Å². The van der Waals surface area contributed by atoms with Gasteiger partial charge in [-0.3, -0.25) is 9.59 Å². The Hall–Kier alpha value is -3.35. The number of amides is 2. The third-order valence-electron chi connectivity index (χ3n) is 6.28. The molecule has 0 saturated heterocycles. The number of carboxylic acid groups (broad SMARTS) is 1. The lowest BCUT2D eigenvalue weighted by Gasteiger charge is -2.21. The van der Waals surface area contributed by atoms with Gasteiger partial charge in [-0.15, -0.1) is 0 Å². The molecule has 0 bridgehead atoms. The fourth-order valence-corrected chi connectivity index (χ4v) is 4.50. The van der Waals surface area contributed by atoms with E-state index in [1.54, 1.807) is 0 Å². The summed E-state index contributed by atoms with van der Waals surface area (Å²) in [4.78, 5) is 36.1. The first-order valence-corrected chi connectivity index (χ1v) is 12.1. The van der Waals surface area contributed by atoms with Crippen molar-refractivity contribution in [3.05, 3.63) is 59.7 Å². The lowest BCUT2D eigenvalue weighted by atomic mass is 9.98. The van der Waals surface area contributed by atoms with E-state index in [1.165, 1.54) is 0 Å². The van der Waals surface area contributed by atoms with Crippen LogP contribution in [0.15, 0.2) is 48.5 Å². The Morgan fingerprint density at radius 1 is 0.912 bits per heavy atom. The van der Waals surface area contributed by atoms with E-state index in [9.17, 15) is 14.4 Å². The van der Waals surface area contributed by atoms with Gasteiger partial charge in [-0.2, -0.15) is 0 Å². The number of rotatable bonds is 12. The van der Waals surface area contributed by atoms with Gasteiger partial charge in [-0.1, -0.05) is 75.2 Å². The van der Waals surface area contributed by atoms with E-state index >= 15 is 0 Å². The number of carboxylic acids is 1. The maximum Gasteiger partial charge on any atom is 0.407 e. The molecule has 34 heavy (non-hydrogen) atoms. The highest BCUT2D eigenvalue weighted by atomic mass is 16.5. The van der Waals surface area contributed by atoms with Gasteiger partial charge in [0.25, 0.3) is 0 Å². The first-order chi connectivity index (χ1) is 16.4. The van der Waals surface area contributed by atoms with E-state index in [4.69, 9.17) is 9.84 Å². The maximum atomic E-state index is 12.7. The number of unbranched alkanes of at least 4 members (excludes halogenated alkanes) is 1. The molecule has 1 unspecified atom stereocenters. The normalized spacial score (nSPS) is 13.9. The Kier molecular flexibility index (Phi) is 9.08. The van der Waals surface area contributed by atoms with E-state index in [2.05, 4.69) is 34.9 Å². The zero-order valence-corrected chi connectivity index (χ0v) is 19.9. The quantitative estimate of drug-likeness (QED) is 0.415. The zero-order valence-electron chi connectivity index (χ0n) is 19.9. The van der Waals surface area contributed by atoms with Gasteiger partial charge in [0.2, 0.25) is 5.91 Å². The van der Waals surface area contributed by atoms with Crippen molar-refractivity contribution >= 4 is 18.0 Å². The van der Waals surface area contributed by atoms with Gasteiger partial charge in [0.15, 0.2) is 0 Å². The van der Waals surface area contributed by atoms with Gasteiger partial charge in [-0.25, -0.2) is 4.79 Å². The minimum Gasteiger partial charge on any atom is -0.481 e. The van der Waals surface area contributed by atoms with E-state index in [0.717, 1.165) is 35.1 Å². The molecule has 1 aliphatic carbocycles. The molecule has 2 aromatic carbocycles. The summed E-state index contributed by atoms with van der Waals surface area (Å²) in [7, 11) is 0. The number of nitrogens with one attached hydrogen (secondary N) is 2. The van der Waals surface area contributed by atoms with Crippen molar-refractivity contribution in [2.24, 2.45) is 0 Å². The van der Waals surface area contributed by atoms with Crippen molar-refractivity contribution in [3.8, 4) is 11.1 Å². The van der Waals surface area contributed by atoms with Crippen LogP contribution in [0.4, 0.5) is 4.79 Å². The van der Waals surface area contributed by atoms with Crippen LogP contribution in [-0.4, -0.2) is 41.8 Å². The number of ether oxygens (including phenoxy) is 1. The van der Waals surface area contributed by atoms with Gasteiger partial charge in [-0.05, 0) is 35.1 Å². The molecule has 7 nitrogen and oxygen atoms in total. The topological polar surface area (TPSA) is 105 Å².